The van der Waals surface area contributed by atoms with Crippen molar-refractivity contribution in [1.29, 1.82) is 0 Å². The molecule has 8 heteroatoms. The van der Waals surface area contributed by atoms with Gasteiger partial charge < -0.3 is 10.6 Å². The fourth-order valence-electron chi connectivity index (χ4n) is 2.47. The van der Waals surface area contributed by atoms with E-state index in [1.54, 1.807) is 13.1 Å². The number of carbonyl (C=O) groups excluding carboxylic acids is 1. The third-order valence-electron chi connectivity index (χ3n) is 3.78. The number of aromatic nitrogens is 5. The van der Waals surface area contributed by atoms with E-state index in [0.29, 0.717) is 24.7 Å². The Labute approximate surface area is 154 Å². The Bertz CT molecular complexity index is 698. The Kier molecular flexibility index (Phi) is 7.08. The highest BCUT2D eigenvalue weighted by Gasteiger charge is 2.22. The summed E-state index contributed by atoms with van der Waals surface area (Å²) in [6, 6.07) is 3.95. The number of carbonyl (C=O) groups is 1. The van der Waals surface area contributed by atoms with Gasteiger partial charge in [-0.15, -0.1) is 20.4 Å². The molecule has 0 saturated heterocycles. The molecule has 0 amide bonds. The number of rotatable bonds is 9. The monoisotopic (exact) mass is 357 g/mol. The van der Waals surface area contributed by atoms with E-state index in [0.717, 1.165) is 11.3 Å². The molecule has 2 aromatic heterocycles. The van der Waals surface area contributed by atoms with E-state index in [9.17, 15) is 4.79 Å². The second kappa shape index (κ2) is 9.28. The second-order valence-corrected chi connectivity index (χ2v) is 6.92. The fraction of sp³-hybridized carbons (Fsp3) is 0.556. The molecule has 0 aliphatic carbocycles. The average Bonchev–Trinajstić information content (AvgIpc) is 2.60. The minimum atomic E-state index is -0.218. The normalized spacial score (nSPS) is 12.4. The Balaban J connectivity index is 1.96. The number of nitrogens with zero attached hydrogens (tertiary/aromatic N) is 5. The van der Waals surface area contributed by atoms with Crippen LogP contribution in [-0.2, 0) is 17.8 Å². The maximum atomic E-state index is 12.4. The van der Waals surface area contributed by atoms with Gasteiger partial charge in [-0.05, 0) is 18.6 Å². The molecule has 0 saturated carbocycles. The Morgan fingerprint density at radius 1 is 1.08 bits per heavy atom. The van der Waals surface area contributed by atoms with Crippen molar-refractivity contribution in [3.05, 3.63) is 35.4 Å². The zero-order chi connectivity index (χ0) is 19.1. The Hall–Kier alpha value is -2.48. The molecule has 140 valence electrons. The third-order valence-corrected chi connectivity index (χ3v) is 3.78. The summed E-state index contributed by atoms with van der Waals surface area (Å²) in [5.41, 5.74) is 1.87. The number of anilines is 1. The summed E-state index contributed by atoms with van der Waals surface area (Å²) < 4.78 is 0. The molecule has 8 nitrogen and oxygen atoms in total. The summed E-state index contributed by atoms with van der Waals surface area (Å²) in [4.78, 5) is 16.9. The summed E-state index contributed by atoms with van der Waals surface area (Å²) in [7, 11) is 0. The molecule has 2 heterocycles. The van der Waals surface area contributed by atoms with Crippen LogP contribution in [0.1, 0.15) is 44.8 Å². The molecule has 2 aromatic rings. The minimum absolute atomic E-state index is 0.00792. The van der Waals surface area contributed by atoms with Crippen LogP contribution < -0.4 is 10.6 Å². The van der Waals surface area contributed by atoms with E-state index >= 15 is 0 Å². The van der Waals surface area contributed by atoms with Gasteiger partial charge in [-0.25, -0.2) is 0 Å². The van der Waals surface area contributed by atoms with Crippen LogP contribution in [0.4, 0.5) is 5.95 Å². The van der Waals surface area contributed by atoms with Gasteiger partial charge in [0.15, 0.2) is 11.6 Å². The summed E-state index contributed by atoms with van der Waals surface area (Å²) in [5, 5.41) is 21.9. The number of ketones is 1. The zero-order valence-electron chi connectivity index (χ0n) is 16.0. The quantitative estimate of drug-likeness (QED) is 0.699. The van der Waals surface area contributed by atoms with E-state index in [1.165, 1.54) is 0 Å². The summed E-state index contributed by atoms with van der Waals surface area (Å²) >= 11 is 0. The van der Waals surface area contributed by atoms with E-state index in [-0.39, 0.29) is 23.8 Å². The van der Waals surface area contributed by atoms with Gasteiger partial charge in [-0.3, -0.25) is 9.78 Å². The lowest BCUT2D eigenvalue weighted by Gasteiger charge is -2.21. The topological polar surface area (TPSA) is 106 Å². The molecule has 2 N–H and O–H groups in total. The van der Waals surface area contributed by atoms with Crippen molar-refractivity contribution in [2.45, 2.75) is 59.7 Å². The van der Waals surface area contributed by atoms with Crippen LogP contribution in [0.3, 0.4) is 0 Å². The van der Waals surface area contributed by atoms with Gasteiger partial charge >= 0.3 is 0 Å². The molecular weight excluding hydrogens is 330 g/mol. The number of Topliss-reactive ketones (excluding diaryl/α,β-unsaturated/α-hetero) is 1. The highest BCUT2D eigenvalue weighted by molar-refractivity contribution is 5.86. The lowest BCUT2D eigenvalue weighted by molar-refractivity contribution is -0.124. The largest absolute Gasteiger partial charge is 0.347 e. The van der Waals surface area contributed by atoms with Crippen molar-refractivity contribution in [2.24, 2.45) is 5.92 Å². The zero-order valence-corrected chi connectivity index (χ0v) is 16.0. The lowest BCUT2D eigenvalue weighted by Crippen LogP contribution is -2.44. The first-order valence-electron chi connectivity index (χ1n) is 8.86. The van der Waals surface area contributed by atoms with Crippen molar-refractivity contribution in [3.8, 4) is 0 Å². The first kappa shape index (κ1) is 19.8. The number of hydrogen-bond donors (Lipinski definition) is 2. The van der Waals surface area contributed by atoms with Gasteiger partial charge in [-0.2, -0.15) is 0 Å². The molecule has 0 fully saturated rings. The minimum Gasteiger partial charge on any atom is -0.347 e. The van der Waals surface area contributed by atoms with Gasteiger partial charge in [0.2, 0.25) is 0 Å². The van der Waals surface area contributed by atoms with Crippen molar-refractivity contribution < 1.29 is 4.79 Å². The SMILES string of the molecule is Cc1nnc(NCc2ccc(C[C@H](NC(C)C)C(=O)C(C)C)nc2)nn1. The molecule has 0 radical (unpaired) electrons. The summed E-state index contributed by atoms with van der Waals surface area (Å²) in [6.07, 6.45) is 2.38. The van der Waals surface area contributed by atoms with Gasteiger partial charge in [-0.1, -0.05) is 33.8 Å². The summed E-state index contributed by atoms with van der Waals surface area (Å²) in [5.74, 6) is 1.11. The van der Waals surface area contributed by atoms with Crippen LogP contribution in [0.2, 0.25) is 0 Å². The van der Waals surface area contributed by atoms with Gasteiger partial charge in [0, 0.05) is 36.8 Å². The van der Waals surface area contributed by atoms with Crippen LogP contribution in [0.5, 0.6) is 0 Å². The van der Waals surface area contributed by atoms with Crippen LogP contribution >= 0.6 is 0 Å². The molecule has 0 spiro atoms. The van der Waals surface area contributed by atoms with E-state index in [1.807, 2.05) is 39.8 Å². The molecule has 0 aromatic carbocycles. The van der Waals surface area contributed by atoms with Gasteiger partial charge in [0.25, 0.3) is 5.95 Å². The van der Waals surface area contributed by atoms with Gasteiger partial charge in [0.05, 0.1) is 6.04 Å². The molecule has 26 heavy (non-hydrogen) atoms. The number of hydrogen-bond acceptors (Lipinski definition) is 8. The van der Waals surface area contributed by atoms with E-state index in [2.05, 4.69) is 36.0 Å². The smallest absolute Gasteiger partial charge is 0.262 e. The van der Waals surface area contributed by atoms with E-state index < -0.39 is 0 Å². The highest BCUT2D eigenvalue weighted by atomic mass is 16.1. The predicted octanol–water partition coefficient (Wildman–Crippen LogP) is 1.72. The van der Waals surface area contributed by atoms with Crippen LogP contribution in [0, 0.1) is 12.8 Å². The molecular formula is C18H27N7O. The number of aryl methyl sites for hydroxylation is 1. The average molecular weight is 357 g/mol. The number of pyridine rings is 1. The van der Waals surface area contributed by atoms with Gasteiger partial charge in [0.1, 0.15) is 0 Å². The predicted molar refractivity (Wildman–Crippen MR) is 99.5 cm³/mol. The maximum Gasteiger partial charge on any atom is 0.262 e. The summed E-state index contributed by atoms with van der Waals surface area (Å²) in [6.45, 7) is 10.2. The fourth-order valence-corrected chi connectivity index (χ4v) is 2.47. The van der Waals surface area contributed by atoms with Crippen LogP contribution in [-0.4, -0.2) is 43.2 Å². The van der Waals surface area contributed by atoms with Crippen molar-refractivity contribution in [2.75, 3.05) is 5.32 Å². The maximum absolute atomic E-state index is 12.4. The molecule has 0 unspecified atom stereocenters. The Morgan fingerprint density at radius 2 is 1.77 bits per heavy atom. The van der Waals surface area contributed by atoms with Crippen molar-refractivity contribution in [1.82, 2.24) is 30.7 Å². The number of nitrogens with one attached hydrogen (secondary N) is 2. The first-order chi connectivity index (χ1) is 12.3. The molecule has 0 bridgehead atoms. The van der Waals surface area contributed by atoms with E-state index in [4.69, 9.17) is 0 Å². The first-order valence-corrected chi connectivity index (χ1v) is 8.86. The molecule has 2 rings (SSSR count). The van der Waals surface area contributed by atoms with Crippen LogP contribution in [0.15, 0.2) is 18.3 Å². The second-order valence-electron chi connectivity index (χ2n) is 6.92. The third kappa shape index (κ3) is 6.11. The van der Waals surface area contributed by atoms with Crippen molar-refractivity contribution >= 4 is 11.7 Å². The molecule has 0 aliphatic heterocycles. The lowest BCUT2D eigenvalue weighted by atomic mass is 9.97. The van der Waals surface area contributed by atoms with Crippen molar-refractivity contribution in [3.63, 3.8) is 0 Å². The van der Waals surface area contributed by atoms with Crippen LogP contribution in [0.25, 0.3) is 0 Å². The standard InChI is InChI=1S/C18H27N7O/c1-11(2)17(26)16(21-12(3)4)8-15-7-6-14(9-19-15)10-20-18-24-22-13(5)23-25-18/h6-7,9,11-12,16,21H,8,10H2,1-5H3,(H,20,24,25)/t16-/m0/s1. The molecule has 0 aliphatic rings. The highest BCUT2D eigenvalue weighted by Crippen LogP contribution is 2.09. The molecule has 1 atom stereocenters. The Morgan fingerprint density at radius 3 is 2.31 bits per heavy atom.